The number of H-pyrrole nitrogens is 1. The maximum atomic E-state index is 10.9. The van der Waals surface area contributed by atoms with Crippen LogP contribution in [0.3, 0.4) is 0 Å². The Kier molecular flexibility index (Phi) is 3.44. The molecule has 0 spiro atoms. The monoisotopic (exact) mass is 233 g/mol. The minimum Gasteiger partial charge on any atom is -0.467 e. The maximum absolute atomic E-state index is 10.9. The molecule has 0 radical (unpaired) electrons. The molecule has 0 atom stereocenters. The molecule has 0 saturated heterocycles. The standard InChI is InChI=1S/C13H15NO3/c1-9-3-4-12-10(5-9)6-11(14-12)7-17-8-13(15)16-2/h3-6,14H,7-8H2,1-2H3. The Hall–Kier alpha value is -1.81. The second-order valence-corrected chi connectivity index (χ2v) is 3.95. The molecule has 0 aliphatic carbocycles. The fourth-order valence-electron chi connectivity index (χ4n) is 1.69. The van der Waals surface area contributed by atoms with E-state index in [0.717, 1.165) is 16.6 Å². The molecule has 4 heteroatoms. The average molecular weight is 233 g/mol. The van der Waals surface area contributed by atoms with Crippen LogP contribution in [-0.4, -0.2) is 24.7 Å². The van der Waals surface area contributed by atoms with Crippen molar-refractivity contribution in [2.45, 2.75) is 13.5 Å². The predicted molar refractivity (Wildman–Crippen MR) is 64.7 cm³/mol. The Morgan fingerprint density at radius 1 is 1.35 bits per heavy atom. The van der Waals surface area contributed by atoms with Crippen LogP contribution in [0.4, 0.5) is 0 Å². The fraction of sp³-hybridized carbons (Fsp3) is 0.308. The molecule has 1 heterocycles. The van der Waals surface area contributed by atoms with E-state index in [9.17, 15) is 4.79 Å². The number of aromatic nitrogens is 1. The molecule has 4 nitrogen and oxygen atoms in total. The molecule has 90 valence electrons. The number of hydrogen-bond acceptors (Lipinski definition) is 3. The van der Waals surface area contributed by atoms with Gasteiger partial charge in [-0.1, -0.05) is 11.6 Å². The minimum atomic E-state index is -0.364. The average Bonchev–Trinajstić information content (AvgIpc) is 2.70. The van der Waals surface area contributed by atoms with Crippen LogP contribution in [0.15, 0.2) is 24.3 Å². The number of rotatable bonds is 4. The Morgan fingerprint density at radius 2 is 2.18 bits per heavy atom. The number of ether oxygens (including phenoxy) is 2. The number of methoxy groups -OCH3 is 1. The molecule has 2 rings (SSSR count). The molecule has 0 fully saturated rings. The first-order valence-corrected chi connectivity index (χ1v) is 5.42. The van der Waals surface area contributed by atoms with Crippen molar-refractivity contribution in [1.29, 1.82) is 0 Å². The van der Waals surface area contributed by atoms with Gasteiger partial charge >= 0.3 is 5.97 Å². The molecular weight excluding hydrogens is 218 g/mol. The van der Waals surface area contributed by atoms with Gasteiger partial charge in [0.15, 0.2) is 0 Å². The van der Waals surface area contributed by atoms with E-state index in [1.807, 2.05) is 12.1 Å². The van der Waals surface area contributed by atoms with Crippen molar-refractivity contribution in [2.24, 2.45) is 0 Å². The van der Waals surface area contributed by atoms with E-state index in [2.05, 4.69) is 28.8 Å². The van der Waals surface area contributed by atoms with Gasteiger partial charge in [-0.2, -0.15) is 0 Å². The van der Waals surface area contributed by atoms with Crippen molar-refractivity contribution in [3.05, 3.63) is 35.5 Å². The predicted octanol–water partition coefficient (Wildman–Crippen LogP) is 2.17. The SMILES string of the molecule is COC(=O)COCc1cc2cc(C)ccc2[nH]1. The van der Waals surface area contributed by atoms with Crippen molar-refractivity contribution in [2.75, 3.05) is 13.7 Å². The van der Waals surface area contributed by atoms with Crippen LogP contribution in [0.5, 0.6) is 0 Å². The molecule has 2 aromatic rings. The Bertz CT molecular complexity index is 530. The van der Waals surface area contributed by atoms with Crippen LogP contribution >= 0.6 is 0 Å². The van der Waals surface area contributed by atoms with Crippen molar-refractivity contribution >= 4 is 16.9 Å². The van der Waals surface area contributed by atoms with Crippen molar-refractivity contribution in [3.63, 3.8) is 0 Å². The molecule has 0 aliphatic heterocycles. The molecule has 17 heavy (non-hydrogen) atoms. The van der Waals surface area contributed by atoms with E-state index in [-0.39, 0.29) is 12.6 Å². The number of benzene rings is 1. The zero-order valence-electron chi connectivity index (χ0n) is 9.95. The summed E-state index contributed by atoms with van der Waals surface area (Å²) in [5.41, 5.74) is 3.25. The number of aryl methyl sites for hydroxylation is 1. The number of hydrogen-bond donors (Lipinski definition) is 1. The van der Waals surface area contributed by atoms with Crippen LogP contribution in [0.1, 0.15) is 11.3 Å². The highest BCUT2D eigenvalue weighted by Crippen LogP contribution is 2.17. The van der Waals surface area contributed by atoms with Gasteiger partial charge in [-0.15, -0.1) is 0 Å². The van der Waals surface area contributed by atoms with Crippen LogP contribution in [-0.2, 0) is 20.9 Å². The number of carbonyl (C=O) groups is 1. The summed E-state index contributed by atoms with van der Waals surface area (Å²) >= 11 is 0. The second-order valence-electron chi connectivity index (χ2n) is 3.95. The summed E-state index contributed by atoms with van der Waals surface area (Å²) in [7, 11) is 1.34. The van der Waals surface area contributed by atoms with Crippen molar-refractivity contribution in [1.82, 2.24) is 4.98 Å². The lowest BCUT2D eigenvalue weighted by Crippen LogP contribution is -2.09. The van der Waals surface area contributed by atoms with Gasteiger partial charge in [-0.05, 0) is 30.5 Å². The van der Waals surface area contributed by atoms with Gasteiger partial charge in [0.1, 0.15) is 6.61 Å². The lowest BCUT2D eigenvalue weighted by molar-refractivity contribution is -0.146. The van der Waals surface area contributed by atoms with E-state index < -0.39 is 0 Å². The van der Waals surface area contributed by atoms with Gasteiger partial charge in [0.25, 0.3) is 0 Å². The third-order valence-corrected chi connectivity index (χ3v) is 2.54. The summed E-state index contributed by atoms with van der Waals surface area (Å²) in [6, 6.07) is 8.22. The van der Waals surface area contributed by atoms with E-state index >= 15 is 0 Å². The zero-order chi connectivity index (χ0) is 12.3. The molecule has 0 aliphatic rings. The zero-order valence-corrected chi connectivity index (χ0v) is 9.95. The Morgan fingerprint density at radius 3 is 2.94 bits per heavy atom. The Balaban J connectivity index is 2.02. The topological polar surface area (TPSA) is 51.3 Å². The van der Waals surface area contributed by atoms with Crippen LogP contribution < -0.4 is 0 Å². The van der Waals surface area contributed by atoms with Gasteiger partial charge in [0.2, 0.25) is 0 Å². The van der Waals surface area contributed by atoms with Gasteiger partial charge in [0.05, 0.1) is 13.7 Å². The lowest BCUT2D eigenvalue weighted by Gasteiger charge is -2.00. The van der Waals surface area contributed by atoms with E-state index in [1.165, 1.54) is 12.7 Å². The van der Waals surface area contributed by atoms with Crippen LogP contribution in [0.2, 0.25) is 0 Å². The molecule has 0 bridgehead atoms. The lowest BCUT2D eigenvalue weighted by atomic mass is 10.2. The second kappa shape index (κ2) is 5.01. The largest absolute Gasteiger partial charge is 0.467 e. The van der Waals surface area contributed by atoms with E-state index in [1.54, 1.807) is 0 Å². The number of nitrogens with one attached hydrogen (secondary N) is 1. The first kappa shape index (κ1) is 11.7. The van der Waals surface area contributed by atoms with Gasteiger partial charge < -0.3 is 14.5 Å². The number of fused-ring (bicyclic) bond motifs is 1. The van der Waals surface area contributed by atoms with Crippen molar-refractivity contribution in [3.8, 4) is 0 Å². The van der Waals surface area contributed by atoms with Gasteiger partial charge in [-0.25, -0.2) is 4.79 Å². The quantitative estimate of drug-likeness (QED) is 0.823. The summed E-state index contributed by atoms with van der Waals surface area (Å²) in [5, 5.41) is 1.15. The summed E-state index contributed by atoms with van der Waals surface area (Å²) in [5.74, 6) is -0.364. The number of esters is 1. The minimum absolute atomic E-state index is 0.0229. The van der Waals surface area contributed by atoms with Crippen LogP contribution in [0.25, 0.3) is 10.9 Å². The maximum Gasteiger partial charge on any atom is 0.331 e. The molecule has 0 unspecified atom stereocenters. The smallest absolute Gasteiger partial charge is 0.331 e. The molecular formula is C13H15NO3. The van der Waals surface area contributed by atoms with E-state index in [4.69, 9.17) is 4.74 Å². The highest BCUT2D eigenvalue weighted by atomic mass is 16.6. The summed E-state index contributed by atoms with van der Waals surface area (Å²) in [6.07, 6.45) is 0. The highest BCUT2D eigenvalue weighted by molar-refractivity contribution is 5.81. The number of aromatic amines is 1. The third kappa shape index (κ3) is 2.85. The Labute approximate surface area is 99.5 Å². The van der Waals surface area contributed by atoms with Gasteiger partial charge in [-0.3, -0.25) is 0 Å². The summed E-state index contributed by atoms with van der Waals surface area (Å²) in [4.78, 5) is 14.1. The number of carbonyl (C=O) groups excluding carboxylic acids is 1. The van der Waals surface area contributed by atoms with Crippen molar-refractivity contribution < 1.29 is 14.3 Å². The fourth-order valence-corrected chi connectivity index (χ4v) is 1.69. The first-order chi connectivity index (χ1) is 8.19. The van der Waals surface area contributed by atoms with Gasteiger partial charge in [0, 0.05) is 11.2 Å². The molecule has 1 aromatic carbocycles. The molecule has 1 aromatic heterocycles. The molecule has 0 saturated carbocycles. The highest BCUT2D eigenvalue weighted by Gasteiger charge is 2.03. The molecule has 1 N–H and O–H groups in total. The summed E-state index contributed by atoms with van der Waals surface area (Å²) < 4.78 is 9.72. The first-order valence-electron chi connectivity index (χ1n) is 5.42. The van der Waals surface area contributed by atoms with E-state index in [0.29, 0.717) is 6.61 Å². The summed E-state index contributed by atoms with van der Waals surface area (Å²) in [6.45, 7) is 2.41. The normalized spacial score (nSPS) is 10.7. The molecule has 0 amide bonds. The third-order valence-electron chi connectivity index (χ3n) is 2.54. The van der Waals surface area contributed by atoms with Crippen LogP contribution in [0, 0.1) is 6.92 Å².